The lowest BCUT2D eigenvalue weighted by molar-refractivity contribution is -0.139. The highest BCUT2D eigenvalue weighted by molar-refractivity contribution is 6.01. The molecule has 0 spiro atoms. The van der Waals surface area contributed by atoms with E-state index in [9.17, 15) is 35.5 Å². The normalized spacial score (nSPS) is 17.4. The van der Waals surface area contributed by atoms with Gasteiger partial charge in [0, 0.05) is 19.5 Å². The van der Waals surface area contributed by atoms with Gasteiger partial charge in [-0.2, -0.15) is 17.9 Å². The molecule has 1 fully saturated rings. The second-order valence-corrected chi connectivity index (χ2v) is 7.70. The van der Waals surface area contributed by atoms with Crippen LogP contribution in [0.15, 0.2) is 36.8 Å². The smallest absolute Gasteiger partial charge is 0.306 e. The number of anilines is 2. The second-order valence-electron chi connectivity index (χ2n) is 7.70. The van der Waals surface area contributed by atoms with Crippen molar-refractivity contribution in [2.24, 2.45) is 0 Å². The zero-order chi connectivity index (χ0) is 25.5. The highest BCUT2D eigenvalue weighted by Crippen LogP contribution is 2.35. The molecular weight excluding hydrogens is 487 g/mol. The minimum absolute atomic E-state index is 0.0190. The van der Waals surface area contributed by atoms with Crippen LogP contribution in [0.1, 0.15) is 23.9 Å². The summed E-state index contributed by atoms with van der Waals surface area (Å²) in [4.78, 5) is 20.7. The van der Waals surface area contributed by atoms with Gasteiger partial charge in [0.05, 0.1) is 35.7 Å². The van der Waals surface area contributed by atoms with E-state index in [4.69, 9.17) is 0 Å². The van der Waals surface area contributed by atoms with Gasteiger partial charge in [-0.3, -0.25) is 4.90 Å². The summed E-state index contributed by atoms with van der Waals surface area (Å²) in [6, 6.07) is 1.42. The van der Waals surface area contributed by atoms with Gasteiger partial charge in [0.1, 0.15) is 6.33 Å². The highest BCUT2D eigenvalue weighted by atomic mass is 19.4. The van der Waals surface area contributed by atoms with Crippen molar-refractivity contribution in [2.75, 3.05) is 23.8 Å². The molecule has 1 aromatic carbocycles. The molecule has 1 atom stereocenters. The average Bonchev–Trinajstić information content (AvgIpc) is 3.39. The van der Waals surface area contributed by atoms with Gasteiger partial charge >= 0.3 is 12.2 Å². The van der Waals surface area contributed by atoms with E-state index in [-0.39, 0.29) is 17.3 Å². The van der Waals surface area contributed by atoms with Crippen LogP contribution < -0.4 is 15.5 Å². The maximum absolute atomic E-state index is 14.6. The number of alkyl halides is 5. The summed E-state index contributed by atoms with van der Waals surface area (Å²) in [5.74, 6) is -5.86. The number of rotatable bonds is 4. The lowest BCUT2D eigenvalue weighted by Gasteiger charge is -2.20. The number of amides is 2. The van der Waals surface area contributed by atoms with Gasteiger partial charge in [0.15, 0.2) is 23.3 Å². The Morgan fingerprint density at radius 3 is 2.63 bits per heavy atom. The Hall–Kier alpha value is -3.75. The maximum Gasteiger partial charge on any atom is 0.419 e. The van der Waals surface area contributed by atoms with E-state index in [0.29, 0.717) is 11.0 Å². The van der Waals surface area contributed by atoms with E-state index < -0.39 is 60.0 Å². The summed E-state index contributed by atoms with van der Waals surface area (Å²) < 4.78 is 95.4. The molecule has 2 amide bonds. The molecule has 0 aliphatic carbocycles. The molecule has 1 saturated heterocycles. The predicted octanol–water partition coefficient (Wildman–Crippen LogP) is 4.30. The molecule has 35 heavy (non-hydrogen) atoms. The second kappa shape index (κ2) is 8.79. The topological polar surface area (TPSA) is 88.0 Å². The predicted molar refractivity (Wildman–Crippen MR) is 108 cm³/mol. The summed E-state index contributed by atoms with van der Waals surface area (Å²) in [7, 11) is 1.03. The average molecular weight is 503 g/mol. The van der Waals surface area contributed by atoms with E-state index in [0.717, 1.165) is 42.5 Å². The summed E-state index contributed by atoms with van der Waals surface area (Å²) in [6.45, 7) is -0.536. The van der Waals surface area contributed by atoms with E-state index in [1.165, 1.54) is 0 Å². The fourth-order valence-corrected chi connectivity index (χ4v) is 3.42. The Balaban J connectivity index is 1.49. The molecule has 0 unspecified atom stereocenters. The first-order valence-corrected chi connectivity index (χ1v) is 9.95. The molecule has 1 aliphatic heterocycles. The minimum atomic E-state index is -4.96. The number of hydrogen-bond acceptors (Lipinski definition) is 5. The number of carbonyl (C=O) groups excluding carboxylic acids is 1. The first-order chi connectivity index (χ1) is 16.4. The standard InChI is InChI=1S/C20H16F7N7O/c1-33(14-4-2-3-11(15(14)22)20(25,26)27)18(35)31-10-5-12(21)17(28-7-10)34-9-30-16(32-34)13-6-19(23,24)8-29-13/h2-5,7,9,13,29H,6,8H2,1H3,(H,31,35)/t13-/m0/s1. The summed E-state index contributed by atoms with van der Waals surface area (Å²) in [5, 5.41) is 8.73. The molecule has 3 heterocycles. The minimum Gasteiger partial charge on any atom is -0.306 e. The number of carbonyl (C=O) groups is 1. The summed E-state index contributed by atoms with van der Waals surface area (Å²) in [6.07, 6.45) is -3.37. The zero-order valence-electron chi connectivity index (χ0n) is 17.7. The zero-order valence-corrected chi connectivity index (χ0v) is 17.7. The van der Waals surface area contributed by atoms with Gasteiger partial charge in [0.25, 0.3) is 5.92 Å². The van der Waals surface area contributed by atoms with Crippen molar-refractivity contribution in [3.63, 3.8) is 0 Å². The molecule has 8 nitrogen and oxygen atoms in total. The third kappa shape index (κ3) is 5.03. The Morgan fingerprint density at radius 2 is 2.00 bits per heavy atom. The summed E-state index contributed by atoms with van der Waals surface area (Å²) in [5.41, 5.74) is -2.38. The largest absolute Gasteiger partial charge is 0.419 e. The molecular formula is C20H16F7N7O. The van der Waals surface area contributed by atoms with Gasteiger partial charge in [0.2, 0.25) is 0 Å². The fourth-order valence-electron chi connectivity index (χ4n) is 3.42. The molecule has 2 N–H and O–H groups in total. The van der Waals surface area contributed by atoms with Gasteiger partial charge in [-0.05, 0) is 12.1 Å². The van der Waals surface area contributed by atoms with Crippen molar-refractivity contribution in [2.45, 2.75) is 24.6 Å². The molecule has 4 rings (SSSR count). The van der Waals surface area contributed by atoms with Crippen molar-refractivity contribution >= 4 is 17.4 Å². The Labute approximate surface area is 192 Å². The Morgan fingerprint density at radius 1 is 1.26 bits per heavy atom. The van der Waals surface area contributed by atoms with E-state index >= 15 is 0 Å². The number of halogens is 7. The van der Waals surface area contributed by atoms with Crippen LogP contribution in [0.2, 0.25) is 0 Å². The summed E-state index contributed by atoms with van der Waals surface area (Å²) >= 11 is 0. The first-order valence-electron chi connectivity index (χ1n) is 9.95. The molecule has 186 valence electrons. The number of pyridine rings is 1. The van der Waals surface area contributed by atoms with Gasteiger partial charge in [-0.25, -0.2) is 32.3 Å². The SMILES string of the molecule is CN(C(=O)Nc1cnc(-n2cnc([C@@H]3CC(F)(F)CN3)n2)c(F)c1)c1cccc(C(F)(F)F)c1F. The Kier molecular flexibility index (Phi) is 6.12. The Bertz CT molecular complexity index is 1260. The van der Waals surface area contributed by atoms with Crippen LogP contribution in [0.5, 0.6) is 0 Å². The number of nitrogens with zero attached hydrogens (tertiary/aromatic N) is 5. The molecule has 15 heteroatoms. The molecule has 3 aromatic rings. The monoisotopic (exact) mass is 503 g/mol. The van der Waals surface area contributed by atoms with Gasteiger partial charge in [-0.15, -0.1) is 5.10 Å². The van der Waals surface area contributed by atoms with E-state index in [2.05, 4.69) is 25.7 Å². The van der Waals surface area contributed by atoms with Crippen molar-refractivity contribution in [3.05, 3.63) is 59.8 Å². The molecule has 1 aliphatic rings. The number of urea groups is 1. The molecule has 2 aromatic heterocycles. The van der Waals surface area contributed by atoms with Crippen LogP contribution in [0.4, 0.5) is 46.9 Å². The van der Waals surface area contributed by atoms with Crippen LogP contribution in [0.25, 0.3) is 5.82 Å². The van der Waals surface area contributed by atoms with Crippen molar-refractivity contribution in [3.8, 4) is 5.82 Å². The lowest BCUT2D eigenvalue weighted by Crippen LogP contribution is -2.32. The molecule has 0 saturated carbocycles. The molecule has 0 bridgehead atoms. The van der Waals surface area contributed by atoms with Crippen molar-refractivity contribution in [1.29, 1.82) is 0 Å². The maximum atomic E-state index is 14.6. The molecule has 0 radical (unpaired) electrons. The number of benzene rings is 1. The van der Waals surface area contributed by atoms with Crippen molar-refractivity contribution in [1.82, 2.24) is 25.1 Å². The third-order valence-corrected chi connectivity index (χ3v) is 5.17. The quantitative estimate of drug-likeness (QED) is 0.519. The lowest BCUT2D eigenvalue weighted by atomic mass is 10.1. The van der Waals surface area contributed by atoms with E-state index in [1.807, 2.05) is 0 Å². The van der Waals surface area contributed by atoms with Crippen LogP contribution in [-0.4, -0.2) is 45.3 Å². The van der Waals surface area contributed by atoms with Crippen LogP contribution in [-0.2, 0) is 6.18 Å². The number of aromatic nitrogens is 4. The van der Waals surface area contributed by atoms with E-state index in [1.54, 1.807) is 0 Å². The number of nitrogens with one attached hydrogen (secondary N) is 2. The first kappa shape index (κ1) is 24.4. The van der Waals surface area contributed by atoms with Crippen LogP contribution in [0, 0.1) is 11.6 Å². The van der Waals surface area contributed by atoms with Gasteiger partial charge < -0.3 is 10.6 Å². The number of hydrogen-bond donors (Lipinski definition) is 2. The van der Waals surface area contributed by atoms with Crippen LogP contribution >= 0.6 is 0 Å². The fraction of sp³-hybridized carbons (Fsp3) is 0.300. The third-order valence-electron chi connectivity index (χ3n) is 5.17. The van der Waals surface area contributed by atoms with Crippen molar-refractivity contribution < 1.29 is 35.5 Å². The van der Waals surface area contributed by atoms with Crippen LogP contribution in [0.3, 0.4) is 0 Å². The highest BCUT2D eigenvalue weighted by Gasteiger charge is 2.41. The van der Waals surface area contributed by atoms with Gasteiger partial charge in [-0.1, -0.05) is 6.07 Å².